The molecular formula is C15H26N4O. The monoisotopic (exact) mass is 278 g/mol. The summed E-state index contributed by atoms with van der Waals surface area (Å²) >= 11 is 0. The number of hydrogen-bond acceptors (Lipinski definition) is 2. The van der Waals surface area contributed by atoms with Gasteiger partial charge in [0.25, 0.3) is 0 Å². The van der Waals surface area contributed by atoms with Crippen molar-refractivity contribution in [2.75, 3.05) is 19.6 Å². The Morgan fingerprint density at radius 3 is 2.70 bits per heavy atom. The number of likely N-dealkylation sites (tertiary alicyclic amines) is 1. The molecule has 2 atom stereocenters. The molecule has 0 aromatic carbocycles. The molecule has 20 heavy (non-hydrogen) atoms. The summed E-state index contributed by atoms with van der Waals surface area (Å²) in [5, 5.41) is 3.04. The molecule has 0 radical (unpaired) electrons. The van der Waals surface area contributed by atoms with E-state index in [0.717, 1.165) is 39.0 Å². The lowest BCUT2D eigenvalue weighted by atomic mass is 9.92. The van der Waals surface area contributed by atoms with Crippen LogP contribution in [0.2, 0.25) is 0 Å². The minimum absolute atomic E-state index is 0.103. The summed E-state index contributed by atoms with van der Waals surface area (Å²) in [7, 11) is 0. The molecule has 0 aliphatic carbocycles. The van der Waals surface area contributed by atoms with E-state index in [1.54, 1.807) is 6.20 Å². The Hall–Kier alpha value is -1.52. The van der Waals surface area contributed by atoms with Crippen LogP contribution < -0.4 is 5.32 Å². The van der Waals surface area contributed by atoms with Crippen LogP contribution in [0.25, 0.3) is 0 Å². The third-order valence-electron chi connectivity index (χ3n) is 3.83. The second kappa shape index (κ2) is 7.31. The van der Waals surface area contributed by atoms with E-state index in [1.165, 1.54) is 6.42 Å². The van der Waals surface area contributed by atoms with E-state index in [4.69, 9.17) is 0 Å². The number of nitrogens with one attached hydrogen (secondary N) is 1. The Labute approximate surface area is 121 Å². The molecule has 5 heteroatoms. The zero-order chi connectivity index (χ0) is 14.4. The summed E-state index contributed by atoms with van der Waals surface area (Å²) in [6, 6.07) is 0.103. The van der Waals surface area contributed by atoms with Crippen LogP contribution in [-0.4, -0.2) is 40.1 Å². The number of piperidine rings is 1. The van der Waals surface area contributed by atoms with Crippen LogP contribution in [0.4, 0.5) is 4.79 Å². The molecule has 1 fully saturated rings. The third kappa shape index (κ3) is 4.54. The summed E-state index contributed by atoms with van der Waals surface area (Å²) in [6.07, 6.45) is 8.88. The van der Waals surface area contributed by atoms with Crippen molar-refractivity contribution in [3.05, 3.63) is 18.7 Å². The van der Waals surface area contributed by atoms with Crippen molar-refractivity contribution in [1.29, 1.82) is 0 Å². The highest BCUT2D eigenvalue weighted by Gasteiger charge is 2.24. The van der Waals surface area contributed by atoms with Gasteiger partial charge < -0.3 is 14.8 Å². The van der Waals surface area contributed by atoms with Crippen LogP contribution in [0.5, 0.6) is 0 Å². The lowest BCUT2D eigenvalue weighted by Crippen LogP contribution is -2.47. The molecule has 112 valence electrons. The number of unbranched alkanes of at least 4 members (excludes halogenated alkanes) is 1. The maximum atomic E-state index is 12.1. The number of imidazole rings is 1. The molecule has 2 amide bonds. The molecule has 1 aliphatic heterocycles. The van der Waals surface area contributed by atoms with Crippen LogP contribution in [-0.2, 0) is 6.54 Å². The van der Waals surface area contributed by atoms with Crippen LogP contribution in [0.3, 0.4) is 0 Å². The molecule has 2 heterocycles. The van der Waals surface area contributed by atoms with Gasteiger partial charge in [-0.1, -0.05) is 13.8 Å². The molecule has 1 N–H and O–H groups in total. The summed E-state index contributed by atoms with van der Waals surface area (Å²) in [6.45, 7) is 7.96. The normalized spacial score (nSPS) is 22.8. The van der Waals surface area contributed by atoms with E-state index in [0.29, 0.717) is 11.8 Å². The first-order valence-corrected chi connectivity index (χ1v) is 7.63. The summed E-state index contributed by atoms with van der Waals surface area (Å²) in [5.74, 6) is 1.23. The molecular weight excluding hydrogens is 252 g/mol. The zero-order valence-corrected chi connectivity index (χ0v) is 12.6. The molecule has 2 unspecified atom stereocenters. The fourth-order valence-corrected chi connectivity index (χ4v) is 2.97. The van der Waals surface area contributed by atoms with E-state index in [-0.39, 0.29) is 6.03 Å². The molecule has 0 saturated carbocycles. The second-order valence-electron chi connectivity index (χ2n) is 6.09. The van der Waals surface area contributed by atoms with Gasteiger partial charge in [-0.25, -0.2) is 9.78 Å². The highest BCUT2D eigenvalue weighted by Crippen LogP contribution is 2.20. The van der Waals surface area contributed by atoms with E-state index < -0.39 is 0 Å². The topological polar surface area (TPSA) is 50.2 Å². The smallest absolute Gasteiger partial charge is 0.317 e. The van der Waals surface area contributed by atoms with Gasteiger partial charge in [0, 0.05) is 38.6 Å². The maximum Gasteiger partial charge on any atom is 0.317 e. The summed E-state index contributed by atoms with van der Waals surface area (Å²) in [5.41, 5.74) is 0. The molecule has 1 aliphatic rings. The fourth-order valence-electron chi connectivity index (χ4n) is 2.97. The number of urea groups is 1. The predicted molar refractivity (Wildman–Crippen MR) is 79.4 cm³/mol. The molecule has 5 nitrogen and oxygen atoms in total. The van der Waals surface area contributed by atoms with Crippen LogP contribution in [0.15, 0.2) is 18.7 Å². The SMILES string of the molecule is CC1CC(C)CN(C(=O)NCCCCn2ccnc2)C1. The van der Waals surface area contributed by atoms with Gasteiger partial charge in [0.05, 0.1) is 6.33 Å². The largest absolute Gasteiger partial charge is 0.338 e. The van der Waals surface area contributed by atoms with Crippen molar-refractivity contribution < 1.29 is 4.79 Å². The van der Waals surface area contributed by atoms with Crippen LogP contribution in [0.1, 0.15) is 33.1 Å². The lowest BCUT2D eigenvalue weighted by Gasteiger charge is -2.34. The Bertz CT molecular complexity index is 394. The Kier molecular flexibility index (Phi) is 5.44. The van der Waals surface area contributed by atoms with E-state index in [1.807, 2.05) is 17.4 Å². The highest BCUT2D eigenvalue weighted by molar-refractivity contribution is 5.74. The van der Waals surface area contributed by atoms with E-state index >= 15 is 0 Å². The van der Waals surface area contributed by atoms with E-state index in [9.17, 15) is 4.79 Å². The van der Waals surface area contributed by atoms with Gasteiger partial charge in [0.1, 0.15) is 0 Å². The average molecular weight is 278 g/mol. The summed E-state index contributed by atoms with van der Waals surface area (Å²) in [4.78, 5) is 18.1. The van der Waals surface area contributed by atoms with Gasteiger partial charge in [0.2, 0.25) is 0 Å². The number of amides is 2. The summed E-state index contributed by atoms with van der Waals surface area (Å²) < 4.78 is 2.07. The number of carbonyl (C=O) groups excluding carboxylic acids is 1. The van der Waals surface area contributed by atoms with Gasteiger partial charge in [-0.05, 0) is 31.1 Å². The van der Waals surface area contributed by atoms with Crippen molar-refractivity contribution >= 4 is 6.03 Å². The number of nitrogens with zero attached hydrogens (tertiary/aromatic N) is 3. The van der Waals surface area contributed by atoms with Gasteiger partial charge >= 0.3 is 6.03 Å². The number of aryl methyl sites for hydroxylation is 1. The second-order valence-corrected chi connectivity index (χ2v) is 6.09. The number of aromatic nitrogens is 2. The van der Waals surface area contributed by atoms with Gasteiger partial charge in [-0.15, -0.1) is 0 Å². The van der Waals surface area contributed by atoms with Gasteiger partial charge in [-0.3, -0.25) is 0 Å². The number of rotatable bonds is 5. The standard InChI is InChI=1S/C15H26N4O/c1-13-9-14(2)11-19(10-13)15(20)17-5-3-4-7-18-8-6-16-12-18/h6,8,12-14H,3-5,7,9-11H2,1-2H3,(H,17,20). The maximum absolute atomic E-state index is 12.1. The van der Waals surface area contributed by atoms with Crippen LogP contribution >= 0.6 is 0 Å². The van der Waals surface area contributed by atoms with Gasteiger partial charge in [0.15, 0.2) is 0 Å². The molecule has 0 spiro atoms. The number of carbonyl (C=O) groups is 1. The van der Waals surface area contributed by atoms with Crippen molar-refractivity contribution in [2.24, 2.45) is 11.8 Å². The molecule has 2 rings (SSSR count). The third-order valence-corrected chi connectivity index (χ3v) is 3.83. The van der Waals surface area contributed by atoms with Gasteiger partial charge in [-0.2, -0.15) is 0 Å². The Morgan fingerprint density at radius 2 is 2.05 bits per heavy atom. The van der Waals surface area contributed by atoms with Crippen molar-refractivity contribution in [3.63, 3.8) is 0 Å². The first kappa shape index (κ1) is 14.9. The Balaban J connectivity index is 1.60. The minimum atomic E-state index is 0.103. The quantitative estimate of drug-likeness (QED) is 0.841. The fraction of sp³-hybridized carbons (Fsp3) is 0.733. The zero-order valence-electron chi connectivity index (χ0n) is 12.6. The van der Waals surface area contributed by atoms with Crippen molar-refractivity contribution in [1.82, 2.24) is 19.8 Å². The minimum Gasteiger partial charge on any atom is -0.338 e. The van der Waals surface area contributed by atoms with Crippen molar-refractivity contribution in [2.45, 2.75) is 39.7 Å². The number of hydrogen-bond donors (Lipinski definition) is 1. The van der Waals surface area contributed by atoms with Crippen molar-refractivity contribution in [3.8, 4) is 0 Å². The first-order valence-electron chi connectivity index (χ1n) is 7.63. The lowest BCUT2D eigenvalue weighted by molar-refractivity contribution is 0.146. The molecule has 0 bridgehead atoms. The van der Waals surface area contributed by atoms with E-state index in [2.05, 4.69) is 28.7 Å². The Morgan fingerprint density at radius 1 is 1.30 bits per heavy atom. The average Bonchev–Trinajstić information content (AvgIpc) is 2.90. The first-order chi connectivity index (χ1) is 9.65. The van der Waals surface area contributed by atoms with Crippen LogP contribution in [0, 0.1) is 11.8 Å². The molecule has 1 aromatic heterocycles. The molecule has 1 saturated heterocycles. The molecule has 1 aromatic rings. The predicted octanol–water partition coefficient (Wildman–Crippen LogP) is 2.35. The highest BCUT2D eigenvalue weighted by atomic mass is 16.2.